The number of para-hydroxylation sites is 1. The Bertz CT molecular complexity index is 939. The van der Waals surface area contributed by atoms with Crippen LogP contribution in [0.4, 0.5) is 4.39 Å². The third-order valence-corrected chi connectivity index (χ3v) is 6.48. The van der Waals surface area contributed by atoms with Crippen LogP contribution in [-0.4, -0.2) is 49.6 Å². The summed E-state index contributed by atoms with van der Waals surface area (Å²) >= 11 is 0. The molecule has 0 radical (unpaired) electrons. The first-order chi connectivity index (χ1) is 12.8. The summed E-state index contributed by atoms with van der Waals surface area (Å²) in [5, 5.41) is 3.66. The molecule has 1 saturated heterocycles. The van der Waals surface area contributed by atoms with Crippen molar-refractivity contribution >= 4 is 16.0 Å². The van der Waals surface area contributed by atoms with Crippen LogP contribution in [0.15, 0.2) is 33.7 Å². The molecule has 10 heteroatoms. The van der Waals surface area contributed by atoms with Crippen molar-refractivity contribution in [3.8, 4) is 5.75 Å². The zero-order valence-electron chi connectivity index (χ0n) is 15.0. The maximum Gasteiger partial charge on any atom is 0.324 e. The van der Waals surface area contributed by atoms with E-state index in [0.29, 0.717) is 0 Å². The second-order valence-corrected chi connectivity index (χ2v) is 8.00. The molecule has 2 heterocycles. The second-order valence-electron chi connectivity index (χ2n) is 6.17. The van der Waals surface area contributed by atoms with Crippen LogP contribution in [0.3, 0.4) is 0 Å². The molecule has 2 aromatic rings. The molecule has 0 spiro atoms. The fraction of sp³-hybridized carbons (Fsp3) is 0.412. The Labute approximate surface area is 155 Å². The van der Waals surface area contributed by atoms with E-state index >= 15 is 0 Å². The van der Waals surface area contributed by atoms with Gasteiger partial charge in [-0.2, -0.15) is 4.31 Å². The van der Waals surface area contributed by atoms with Gasteiger partial charge in [-0.15, -0.1) is 0 Å². The van der Waals surface area contributed by atoms with E-state index in [1.54, 1.807) is 6.07 Å². The quantitative estimate of drug-likeness (QED) is 0.708. The van der Waals surface area contributed by atoms with Crippen molar-refractivity contribution in [1.82, 2.24) is 9.46 Å². The Morgan fingerprint density at radius 3 is 2.63 bits per heavy atom. The molecule has 0 saturated carbocycles. The molecule has 3 rings (SSSR count). The number of rotatable bonds is 5. The minimum absolute atomic E-state index is 0.0114. The smallest absolute Gasteiger partial charge is 0.324 e. The highest BCUT2D eigenvalue weighted by Crippen LogP contribution is 2.32. The standard InChI is InChI=1S/C17H19FN2O6S/c1-10-16(11(2)26-19-10)27(22,23)20-9-12(8-14(20)17(21)24-3)25-15-7-5-4-6-13(15)18/h4-7,12,14H,8-9H2,1-3H3/t12-,14-/m0/s1. The molecule has 2 atom stereocenters. The summed E-state index contributed by atoms with van der Waals surface area (Å²) in [6.07, 6.45) is -0.690. The second kappa shape index (κ2) is 7.28. The fourth-order valence-corrected chi connectivity index (χ4v) is 5.07. The number of hydrogen-bond donors (Lipinski definition) is 0. The maximum atomic E-state index is 13.9. The number of aryl methyl sites for hydroxylation is 2. The number of hydrogen-bond acceptors (Lipinski definition) is 7. The summed E-state index contributed by atoms with van der Waals surface area (Å²) in [5.74, 6) is -1.18. The molecule has 1 aromatic carbocycles. The van der Waals surface area contributed by atoms with Crippen LogP contribution in [0.1, 0.15) is 17.9 Å². The van der Waals surface area contributed by atoms with Crippen LogP contribution >= 0.6 is 0 Å². The van der Waals surface area contributed by atoms with Crippen molar-refractivity contribution in [2.75, 3.05) is 13.7 Å². The van der Waals surface area contributed by atoms with Crippen molar-refractivity contribution < 1.29 is 31.6 Å². The van der Waals surface area contributed by atoms with Crippen molar-refractivity contribution in [2.45, 2.75) is 37.3 Å². The van der Waals surface area contributed by atoms with Gasteiger partial charge in [0.25, 0.3) is 0 Å². The third-order valence-electron chi connectivity index (χ3n) is 4.36. The van der Waals surface area contributed by atoms with E-state index in [1.807, 2.05) is 0 Å². The average Bonchev–Trinajstić information content (AvgIpc) is 3.20. The lowest BCUT2D eigenvalue weighted by molar-refractivity contribution is -0.144. The van der Waals surface area contributed by atoms with Crippen molar-refractivity contribution in [3.05, 3.63) is 41.5 Å². The van der Waals surface area contributed by atoms with Gasteiger partial charge >= 0.3 is 5.97 Å². The van der Waals surface area contributed by atoms with Gasteiger partial charge in [-0.1, -0.05) is 17.3 Å². The van der Waals surface area contributed by atoms with E-state index in [0.717, 1.165) is 4.31 Å². The van der Waals surface area contributed by atoms with E-state index in [1.165, 1.54) is 39.2 Å². The zero-order valence-corrected chi connectivity index (χ0v) is 15.8. The van der Waals surface area contributed by atoms with Crippen molar-refractivity contribution in [3.63, 3.8) is 0 Å². The van der Waals surface area contributed by atoms with E-state index < -0.39 is 34.0 Å². The minimum Gasteiger partial charge on any atom is -0.486 e. The summed E-state index contributed by atoms with van der Waals surface area (Å²) in [7, 11) is -2.92. The average molecular weight is 398 g/mol. The first-order valence-corrected chi connectivity index (χ1v) is 9.63. The van der Waals surface area contributed by atoms with Crippen LogP contribution in [0.2, 0.25) is 0 Å². The summed E-state index contributed by atoms with van der Waals surface area (Å²) in [6, 6.07) is 4.70. The molecular weight excluding hydrogens is 379 g/mol. The summed E-state index contributed by atoms with van der Waals surface area (Å²) < 4.78 is 56.4. The van der Waals surface area contributed by atoms with Gasteiger partial charge in [-0.05, 0) is 26.0 Å². The Morgan fingerprint density at radius 1 is 1.33 bits per heavy atom. The van der Waals surface area contributed by atoms with Gasteiger partial charge in [0.1, 0.15) is 22.7 Å². The Balaban J connectivity index is 1.93. The first-order valence-electron chi connectivity index (χ1n) is 8.19. The molecule has 1 aliphatic heterocycles. The number of aromatic nitrogens is 1. The van der Waals surface area contributed by atoms with E-state index in [4.69, 9.17) is 14.0 Å². The molecule has 0 unspecified atom stereocenters. The number of sulfonamides is 1. The van der Waals surface area contributed by atoms with E-state index in [-0.39, 0.29) is 35.1 Å². The SMILES string of the molecule is COC(=O)[C@@H]1C[C@H](Oc2ccccc2F)CN1S(=O)(=O)c1c(C)noc1C. The molecule has 0 bridgehead atoms. The molecule has 1 fully saturated rings. The number of ether oxygens (including phenoxy) is 2. The normalized spacial score (nSPS) is 20.6. The lowest BCUT2D eigenvalue weighted by atomic mass is 10.2. The lowest BCUT2D eigenvalue weighted by Crippen LogP contribution is -2.41. The summed E-state index contributed by atoms with van der Waals surface area (Å²) in [6.45, 7) is 2.84. The van der Waals surface area contributed by atoms with Gasteiger partial charge < -0.3 is 14.0 Å². The Morgan fingerprint density at radius 2 is 2.04 bits per heavy atom. The van der Waals surface area contributed by atoms with Crippen molar-refractivity contribution in [1.29, 1.82) is 0 Å². The molecular formula is C17H19FN2O6S. The number of halogens is 1. The predicted octanol–water partition coefficient (Wildman–Crippen LogP) is 1.81. The molecule has 27 heavy (non-hydrogen) atoms. The molecule has 1 aromatic heterocycles. The summed E-state index contributed by atoms with van der Waals surface area (Å²) in [5.41, 5.74) is 0.189. The largest absolute Gasteiger partial charge is 0.486 e. The topological polar surface area (TPSA) is 98.9 Å². The number of benzene rings is 1. The fourth-order valence-electron chi connectivity index (χ4n) is 3.15. The van der Waals surface area contributed by atoms with Crippen LogP contribution in [0.5, 0.6) is 5.75 Å². The molecule has 0 aliphatic carbocycles. The highest BCUT2D eigenvalue weighted by Gasteiger charge is 2.47. The van der Waals surface area contributed by atoms with Crippen LogP contribution in [0.25, 0.3) is 0 Å². The Kier molecular flexibility index (Phi) is 5.20. The maximum absolute atomic E-state index is 13.9. The lowest BCUT2D eigenvalue weighted by Gasteiger charge is -2.21. The minimum atomic E-state index is -4.09. The van der Waals surface area contributed by atoms with Crippen LogP contribution in [0, 0.1) is 19.7 Å². The van der Waals surface area contributed by atoms with Gasteiger partial charge in [0.15, 0.2) is 17.3 Å². The predicted molar refractivity (Wildman–Crippen MR) is 91.1 cm³/mol. The van der Waals surface area contributed by atoms with Crippen LogP contribution in [-0.2, 0) is 19.6 Å². The molecule has 1 aliphatic rings. The number of nitrogens with zero attached hydrogens (tertiary/aromatic N) is 2. The summed E-state index contributed by atoms with van der Waals surface area (Å²) in [4.78, 5) is 12.1. The Hall–Kier alpha value is -2.46. The monoisotopic (exact) mass is 398 g/mol. The molecule has 0 amide bonds. The highest BCUT2D eigenvalue weighted by atomic mass is 32.2. The highest BCUT2D eigenvalue weighted by molar-refractivity contribution is 7.89. The van der Waals surface area contributed by atoms with Gasteiger partial charge in [0.05, 0.1) is 13.7 Å². The van der Waals surface area contributed by atoms with Gasteiger partial charge in [-0.25, -0.2) is 12.8 Å². The van der Waals surface area contributed by atoms with Gasteiger partial charge in [-0.3, -0.25) is 4.79 Å². The van der Waals surface area contributed by atoms with Crippen LogP contribution < -0.4 is 4.74 Å². The third kappa shape index (κ3) is 3.54. The number of esters is 1. The zero-order chi connectivity index (χ0) is 19.8. The molecule has 8 nitrogen and oxygen atoms in total. The number of carbonyl (C=O) groups excluding carboxylic acids is 1. The molecule has 146 valence electrons. The van der Waals surface area contributed by atoms with E-state index in [2.05, 4.69) is 5.16 Å². The van der Waals surface area contributed by atoms with Gasteiger partial charge in [0, 0.05) is 6.42 Å². The first kappa shape index (κ1) is 19.3. The van der Waals surface area contributed by atoms with E-state index in [9.17, 15) is 17.6 Å². The number of methoxy groups -OCH3 is 1. The number of carbonyl (C=O) groups is 1. The van der Waals surface area contributed by atoms with Gasteiger partial charge in [0.2, 0.25) is 10.0 Å². The molecule has 0 N–H and O–H groups in total. The van der Waals surface area contributed by atoms with Crippen molar-refractivity contribution in [2.24, 2.45) is 0 Å².